The molecule has 0 aromatic carbocycles. The van der Waals surface area contributed by atoms with Gasteiger partial charge in [-0.25, -0.2) is 15.8 Å². The lowest BCUT2D eigenvalue weighted by atomic mass is 10.3. The van der Waals surface area contributed by atoms with Crippen molar-refractivity contribution in [3.05, 3.63) is 17.3 Å². The van der Waals surface area contributed by atoms with E-state index in [1.54, 1.807) is 11.3 Å². The first-order valence-electron chi connectivity index (χ1n) is 4.53. The predicted molar refractivity (Wildman–Crippen MR) is 65.2 cm³/mol. The Morgan fingerprint density at radius 1 is 1.62 bits per heavy atom. The van der Waals surface area contributed by atoms with Crippen LogP contribution >= 0.6 is 23.1 Å². The molecule has 0 spiro atoms. The number of thioether (sulfide) groups is 1. The number of amides is 1. The van der Waals surface area contributed by atoms with Gasteiger partial charge in [0.25, 0.3) is 0 Å². The SMILES string of the molecule is Cc1csc2c(SCC(=O)NN)ncnc12. The van der Waals surface area contributed by atoms with Crippen LogP contribution in [0.25, 0.3) is 10.2 Å². The molecular formula is C9H10N4OS2. The lowest BCUT2D eigenvalue weighted by Crippen LogP contribution is -2.31. The normalized spacial score (nSPS) is 10.6. The molecule has 0 saturated heterocycles. The van der Waals surface area contributed by atoms with Crippen molar-refractivity contribution >= 4 is 39.2 Å². The minimum Gasteiger partial charge on any atom is -0.294 e. The maximum Gasteiger partial charge on any atom is 0.244 e. The fourth-order valence-corrected chi connectivity index (χ4v) is 3.13. The highest BCUT2D eigenvalue weighted by molar-refractivity contribution is 8.00. The van der Waals surface area contributed by atoms with Crippen molar-refractivity contribution in [1.82, 2.24) is 15.4 Å². The van der Waals surface area contributed by atoms with E-state index in [1.165, 1.54) is 18.1 Å². The highest BCUT2D eigenvalue weighted by atomic mass is 32.2. The molecule has 2 aromatic rings. The monoisotopic (exact) mass is 254 g/mol. The highest BCUT2D eigenvalue weighted by Crippen LogP contribution is 2.30. The van der Waals surface area contributed by atoms with E-state index in [4.69, 9.17) is 5.84 Å². The smallest absolute Gasteiger partial charge is 0.244 e. The van der Waals surface area contributed by atoms with Gasteiger partial charge in [0.15, 0.2) is 0 Å². The summed E-state index contributed by atoms with van der Waals surface area (Å²) in [5.74, 6) is 5.06. The third kappa shape index (κ3) is 2.16. The molecule has 0 fully saturated rings. The molecule has 2 heterocycles. The molecule has 0 aliphatic rings. The number of aryl methyl sites for hydroxylation is 1. The lowest BCUT2D eigenvalue weighted by Gasteiger charge is -2.00. The number of rotatable bonds is 3. The molecule has 0 saturated carbocycles. The van der Waals surface area contributed by atoms with Gasteiger partial charge in [-0.1, -0.05) is 11.8 Å². The average molecular weight is 254 g/mol. The number of carbonyl (C=O) groups is 1. The Balaban J connectivity index is 2.27. The first-order valence-corrected chi connectivity index (χ1v) is 6.40. The minimum atomic E-state index is -0.218. The van der Waals surface area contributed by atoms with Crippen LogP contribution in [0.4, 0.5) is 0 Å². The molecular weight excluding hydrogens is 244 g/mol. The molecule has 3 N–H and O–H groups in total. The first-order chi connectivity index (χ1) is 7.72. The van der Waals surface area contributed by atoms with Gasteiger partial charge in [-0.2, -0.15) is 0 Å². The van der Waals surface area contributed by atoms with Crippen LogP contribution in [0.5, 0.6) is 0 Å². The van der Waals surface area contributed by atoms with Crippen molar-refractivity contribution in [2.75, 3.05) is 5.75 Å². The Morgan fingerprint density at radius 2 is 2.44 bits per heavy atom. The molecule has 0 atom stereocenters. The Labute approximate surface area is 100 Å². The molecule has 2 aromatic heterocycles. The molecule has 7 heteroatoms. The van der Waals surface area contributed by atoms with Gasteiger partial charge in [0.2, 0.25) is 5.91 Å². The van der Waals surface area contributed by atoms with Crippen LogP contribution in [0.3, 0.4) is 0 Å². The molecule has 16 heavy (non-hydrogen) atoms. The molecule has 1 amide bonds. The zero-order chi connectivity index (χ0) is 11.5. The summed E-state index contributed by atoms with van der Waals surface area (Å²) >= 11 is 2.95. The van der Waals surface area contributed by atoms with Gasteiger partial charge < -0.3 is 0 Å². The number of thiophene rings is 1. The topological polar surface area (TPSA) is 80.9 Å². The van der Waals surface area contributed by atoms with E-state index in [2.05, 4.69) is 15.4 Å². The fourth-order valence-electron chi connectivity index (χ4n) is 1.23. The average Bonchev–Trinajstić information content (AvgIpc) is 2.69. The summed E-state index contributed by atoms with van der Waals surface area (Å²) in [7, 11) is 0. The number of hydrogen-bond acceptors (Lipinski definition) is 6. The standard InChI is InChI=1S/C9H10N4OS2/c1-5-2-15-8-7(5)11-4-12-9(8)16-3-6(14)13-10/h2,4H,3,10H2,1H3,(H,13,14). The van der Waals surface area contributed by atoms with Gasteiger partial charge in [-0.05, 0) is 17.9 Å². The van der Waals surface area contributed by atoms with Crippen LogP contribution < -0.4 is 11.3 Å². The third-order valence-electron chi connectivity index (χ3n) is 2.00. The van der Waals surface area contributed by atoms with Crippen LogP contribution in [0.1, 0.15) is 5.56 Å². The zero-order valence-corrected chi connectivity index (χ0v) is 10.2. The molecule has 0 aliphatic heterocycles. The quantitative estimate of drug-likeness (QED) is 0.282. The van der Waals surface area contributed by atoms with Crippen molar-refractivity contribution < 1.29 is 4.79 Å². The predicted octanol–water partition coefficient (Wildman–Crippen LogP) is 1.08. The summed E-state index contributed by atoms with van der Waals surface area (Å²) in [6.07, 6.45) is 1.52. The van der Waals surface area contributed by atoms with E-state index in [9.17, 15) is 4.79 Å². The van der Waals surface area contributed by atoms with E-state index in [0.29, 0.717) is 0 Å². The summed E-state index contributed by atoms with van der Waals surface area (Å²) in [5, 5.41) is 2.86. The third-order valence-corrected chi connectivity index (χ3v) is 4.21. The van der Waals surface area contributed by atoms with Gasteiger partial charge in [-0.15, -0.1) is 11.3 Å². The second-order valence-electron chi connectivity index (χ2n) is 3.13. The maximum atomic E-state index is 11.0. The van der Waals surface area contributed by atoms with E-state index >= 15 is 0 Å². The molecule has 84 valence electrons. The number of aromatic nitrogens is 2. The minimum absolute atomic E-state index is 0.218. The molecule has 0 aliphatic carbocycles. The van der Waals surface area contributed by atoms with Crippen LogP contribution in [0.15, 0.2) is 16.7 Å². The summed E-state index contributed by atoms with van der Waals surface area (Å²) in [4.78, 5) is 19.4. The Morgan fingerprint density at radius 3 is 3.19 bits per heavy atom. The van der Waals surface area contributed by atoms with Crippen LogP contribution in [0.2, 0.25) is 0 Å². The summed E-state index contributed by atoms with van der Waals surface area (Å²) in [6, 6.07) is 0. The second kappa shape index (κ2) is 4.77. The number of nitrogens with one attached hydrogen (secondary N) is 1. The Bertz CT molecular complexity index is 525. The number of fused-ring (bicyclic) bond motifs is 1. The number of hydrogen-bond donors (Lipinski definition) is 2. The fraction of sp³-hybridized carbons (Fsp3) is 0.222. The zero-order valence-electron chi connectivity index (χ0n) is 8.56. The molecule has 0 bridgehead atoms. The largest absolute Gasteiger partial charge is 0.294 e. The lowest BCUT2D eigenvalue weighted by molar-refractivity contribution is -0.118. The number of carbonyl (C=O) groups excluding carboxylic acids is 1. The van der Waals surface area contributed by atoms with Crippen molar-refractivity contribution in [3.63, 3.8) is 0 Å². The molecule has 0 unspecified atom stereocenters. The number of nitrogens with zero attached hydrogens (tertiary/aromatic N) is 2. The molecule has 5 nitrogen and oxygen atoms in total. The maximum absolute atomic E-state index is 11.0. The summed E-state index contributed by atoms with van der Waals surface area (Å²) < 4.78 is 1.02. The Kier molecular flexibility index (Phi) is 3.37. The first kappa shape index (κ1) is 11.3. The second-order valence-corrected chi connectivity index (χ2v) is 4.98. The summed E-state index contributed by atoms with van der Waals surface area (Å²) in [6.45, 7) is 2.01. The van der Waals surface area contributed by atoms with Gasteiger partial charge in [-0.3, -0.25) is 10.2 Å². The van der Waals surface area contributed by atoms with E-state index in [1.807, 2.05) is 12.3 Å². The molecule has 2 rings (SSSR count). The van der Waals surface area contributed by atoms with E-state index in [0.717, 1.165) is 20.8 Å². The van der Waals surface area contributed by atoms with Crippen LogP contribution in [0, 0.1) is 6.92 Å². The van der Waals surface area contributed by atoms with Gasteiger partial charge in [0.05, 0.1) is 16.0 Å². The van der Waals surface area contributed by atoms with E-state index in [-0.39, 0.29) is 11.7 Å². The number of hydrazine groups is 1. The van der Waals surface area contributed by atoms with Crippen molar-refractivity contribution in [1.29, 1.82) is 0 Å². The van der Waals surface area contributed by atoms with Gasteiger partial charge >= 0.3 is 0 Å². The van der Waals surface area contributed by atoms with E-state index < -0.39 is 0 Å². The van der Waals surface area contributed by atoms with Gasteiger partial charge in [0.1, 0.15) is 11.4 Å². The van der Waals surface area contributed by atoms with Crippen molar-refractivity contribution in [2.45, 2.75) is 11.9 Å². The molecule has 0 radical (unpaired) electrons. The van der Waals surface area contributed by atoms with Gasteiger partial charge in [0, 0.05) is 0 Å². The van der Waals surface area contributed by atoms with Crippen LogP contribution in [-0.2, 0) is 4.79 Å². The number of nitrogens with two attached hydrogens (primary N) is 1. The highest BCUT2D eigenvalue weighted by Gasteiger charge is 2.09. The van der Waals surface area contributed by atoms with Crippen molar-refractivity contribution in [3.8, 4) is 0 Å². The summed E-state index contributed by atoms with van der Waals surface area (Å²) in [5.41, 5.74) is 4.17. The van der Waals surface area contributed by atoms with Crippen LogP contribution in [-0.4, -0.2) is 21.6 Å². The van der Waals surface area contributed by atoms with Crippen molar-refractivity contribution in [2.24, 2.45) is 5.84 Å². The Hall–Kier alpha value is -1.18.